The van der Waals surface area contributed by atoms with E-state index in [-0.39, 0.29) is 11.7 Å². The number of rotatable bonds is 3. The Balaban J connectivity index is 1.62. The number of thiophene rings is 1. The molecule has 2 aliphatic heterocycles. The SMILES string of the molecule is CCN1CCCC(N2C(=O)C3(CC3)NC2c2cccs2)C1. The van der Waals surface area contributed by atoms with Crippen LogP contribution >= 0.6 is 11.3 Å². The van der Waals surface area contributed by atoms with E-state index in [1.807, 2.05) is 0 Å². The summed E-state index contributed by atoms with van der Waals surface area (Å²) in [6, 6.07) is 4.61. The normalized spacial score (nSPS) is 32.0. The highest BCUT2D eigenvalue weighted by Gasteiger charge is 2.60. The van der Waals surface area contributed by atoms with E-state index < -0.39 is 0 Å². The van der Waals surface area contributed by atoms with Crippen molar-refractivity contribution >= 4 is 17.2 Å². The molecule has 2 unspecified atom stereocenters. The fourth-order valence-electron chi connectivity index (χ4n) is 3.82. The Bertz CT molecular complexity index is 526. The molecule has 1 aromatic rings. The molecule has 1 N–H and O–H groups in total. The van der Waals surface area contributed by atoms with Crippen LogP contribution in [0.1, 0.15) is 43.6 Å². The highest BCUT2D eigenvalue weighted by Crippen LogP contribution is 2.48. The van der Waals surface area contributed by atoms with E-state index in [0.29, 0.717) is 11.9 Å². The summed E-state index contributed by atoms with van der Waals surface area (Å²) in [4.78, 5) is 18.9. The molecule has 1 spiro atoms. The molecule has 2 atom stereocenters. The van der Waals surface area contributed by atoms with Gasteiger partial charge in [0.15, 0.2) is 0 Å². The van der Waals surface area contributed by atoms with Crippen LogP contribution in [0.15, 0.2) is 17.5 Å². The maximum Gasteiger partial charge on any atom is 0.244 e. The van der Waals surface area contributed by atoms with Crippen molar-refractivity contribution in [1.29, 1.82) is 0 Å². The lowest BCUT2D eigenvalue weighted by Gasteiger charge is -2.39. The van der Waals surface area contributed by atoms with Crippen LogP contribution in [-0.4, -0.2) is 46.9 Å². The van der Waals surface area contributed by atoms with Crippen LogP contribution in [0.4, 0.5) is 0 Å². The Hall–Kier alpha value is -0.910. The number of amides is 1. The zero-order chi connectivity index (χ0) is 14.4. The zero-order valence-corrected chi connectivity index (χ0v) is 13.4. The van der Waals surface area contributed by atoms with Gasteiger partial charge in [-0.2, -0.15) is 0 Å². The van der Waals surface area contributed by atoms with Crippen LogP contribution in [0.3, 0.4) is 0 Å². The summed E-state index contributed by atoms with van der Waals surface area (Å²) in [5, 5.41) is 5.75. The van der Waals surface area contributed by atoms with Crippen LogP contribution in [0.5, 0.6) is 0 Å². The maximum absolute atomic E-state index is 12.9. The largest absolute Gasteiger partial charge is 0.316 e. The van der Waals surface area contributed by atoms with Crippen molar-refractivity contribution in [2.45, 2.75) is 50.4 Å². The van der Waals surface area contributed by atoms with E-state index in [2.05, 4.69) is 39.6 Å². The number of likely N-dealkylation sites (N-methyl/N-ethyl adjacent to an activating group) is 1. The minimum absolute atomic E-state index is 0.0989. The van der Waals surface area contributed by atoms with Crippen molar-refractivity contribution in [3.63, 3.8) is 0 Å². The fraction of sp³-hybridized carbons (Fsp3) is 0.688. The lowest BCUT2D eigenvalue weighted by Crippen LogP contribution is -2.50. The molecule has 3 fully saturated rings. The number of carbonyl (C=O) groups excluding carboxylic acids is 1. The summed E-state index contributed by atoms with van der Waals surface area (Å²) in [6.45, 7) is 5.51. The molecule has 0 bridgehead atoms. The summed E-state index contributed by atoms with van der Waals surface area (Å²) in [5.74, 6) is 0.351. The molecule has 114 valence electrons. The molecule has 4 nitrogen and oxygen atoms in total. The van der Waals surface area contributed by atoms with Crippen LogP contribution in [-0.2, 0) is 4.79 Å². The van der Waals surface area contributed by atoms with Crippen LogP contribution in [0, 0.1) is 0 Å². The third kappa shape index (κ3) is 2.22. The lowest BCUT2D eigenvalue weighted by atomic mass is 10.0. The molecule has 0 aromatic carbocycles. The van der Waals surface area contributed by atoms with Gasteiger partial charge in [0.05, 0.1) is 0 Å². The fourth-order valence-corrected chi connectivity index (χ4v) is 4.59. The molecule has 3 aliphatic rings. The molecule has 4 rings (SSSR count). The van der Waals surface area contributed by atoms with Gasteiger partial charge in [0.25, 0.3) is 0 Å². The van der Waals surface area contributed by atoms with E-state index in [1.54, 1.807) is 11.3 Å². The Kier molecular flexibility index (Phi) is 3.32. The summed E-state index contributed by atoms with van der Waals surface area (Å²) in [5.41, 5.74) is -0.219. The molecule has 1 saturated carbocycles. The number of hydrogen-bond acceptors (Lipinski definition) is 4. The van der Waals surface area contributed by atoms with E-state index in [4.69, 9.17) is 0 Å². The van der Waals surface area contributed by atoms with Gasteiger partial charge in [0, 0.05) is 17.5 Å². The van der Waals surface area contributed by atoms with Gasteiger partial charge in [-0.3, -0.25) is 10.1 Å². The Labute approximate surface area is 130 Å². The Morgan fingerprint density at radius 2 is 2.33 bits per heavy atom. The average molecular weight is 305 g/mol. The van der Waals surface area contributed by atoms with Gasteiger partial charge in [0.2, 0.25) is 5.91 Å². The van der Waals surface area contributed by atoms with Gasteiger partial charge in [-0.25, -0.2) is 0 Å². The smallest absolute Gasteiger partial charge is 0.244 e. The summed E-state index contributed by atoms with van der Waals surface area (Å²) in [7, 11) is 0. The number of carbonyl (C=O) groups is 1. The lowest BCUT2D eigenvalue weighted by molar-refractivity contribution is -0.134. The van der Waals surface area contributed by atoms with Crippen molar-refractivity contribution in [1.82, 2.24) is 15.1 Å². The first-order valence-corrected chi connectivity index (χ1v) is 8.98. The van der Waals surface area contributed by atoms with Crippen LogP contribution in [0.25, 0.3) is 0 Å². The van der Waals surface area contributed by atoms with Crippen molar-refractivity contribution < 1.29 is 4.79 Å². The number of nitrogens with zero attached hydrogens (tertiary/aromatic N) is 2. The molecule has 1 aliphatic carbocycles. The predicted molar refractivity (Wildman–Crippen MR) is 84.1 cm³/mol. The Morgan fingerprint density at radius 3 is 3.00 bits per heavy atom. The number of hydrogen-bond donors (Lipinski definition) is 1. The second kappa shape index (κ2) is 5.07. The van der Waals surface area contributed by atoms with Gasteiger partial charge in [0.1, 0.15) is 11.7 Å². The third-order valence-corrected chi connectivity index (χ3v) is 6.14. The maximum atomic E-state index is 12.9. The topological polar surface area (TPSA) is 35.6 Å². The highest BCUT2D eigenvalue weighted by atomic mass is 32.1. The molecule has 3 heterocycles. The van der Waals surface area contributed by atoms with Gasteiger partial charge in [-0.15, -0.1) is 11.3 Å². The van der Waals surface area contributed by atoms with Gasteiger partial charge in [-0.05, 0) is 50.2 Å². The van der Waals surface area contributed by atoms with Crippen LogP contribution < -0.4 is 5.32 Å². The van der Waals surface area contributed by atoms with E-state index in [1.165, 1.54) is 17.8 Å². The summed E-state index contributed by atoms with van der Waals surface area (Å²) in [6.07, 6.45) is 4.46. The molecule has 1 aromatic heterocycles. The van der Waals surface area contributed by atoms with E-state index in [0.717, 1.165) is 32.4 Å². The van der Waals surface area contributed by atoms with Crippen molar-refractivity contribution in [2.24, 2.45) is 0 Å². The first-order valence-electron chi connectivity index (χ1n) is 8.10. The average Bonchev–Trinajstić information content (AvgIpc) is 2.97. The minimum atomic E-state index is -0.219. The minimum Gasteiger partial charge on any atom is -0.316 e. The molecule has 2 saturated heterocycles. The van der Waals surface area contributed by atoms with Crippen molar-refractivity contribution in [3.8, 4) is 0 Å². The highest BCUT2D eigenvalue weighted by molar-refractivity contribution is 7.10. The van der Waals surface area contributed by atoms with Gasteiger partial charge < -0.3 is 9.80 Å². The summed E-state index contributed by atoms with van der Waals surface area (Å²) >= 11 is 1.76. The quantitative estimate of drug-likeness (QED) is 0.930. The summed E-state index contributed by atoms with van der Waals surface area (Å²) < 4.78 is 0. The number of piperidine rings is 1. The molecule has 0 radical (unpaired) electrons. The van der Waals surface area contributed by atoms with Crippen molar-refractivity contribution in [2.75, 3.05) is 19.6 Å². The molecule has 1 amide bonds. The monoisotopic (exact) mass is 305 g/mol. The third-order valence-electron chi connectivity index (χ3n) is 5.22. The van der Waals surface area contributed by atoms with Gasteiger partial charge >= 0.3 is 0 Å². The molecule has 21 heavy (non-hydrogen) atoms. The molecular weight excluding hydrogens is 282 g/mol. The Morgan fingerprint density at radius 1 is 1.48 bits per heavy atom. The first kappa shape index (κ1) is 13.7. The number of likely N-dealkylation sites (tertiary alicyclic amines) is 1. The van der Waals surface area contributed by atoms with Gasteiger partial charge in [-0.1, -0.05) is 13.0 Å². The van der Waals surface area contributed by atoms with Crippen LogP contribution in [0.2, 0.25) is 0 Å². The van der Waals surface area contributed by atoms with E-state index >= 15 is 0 Å². The van der Waals surface area contributed by atoms with Crippen molar-refractivity contribution in [3.05, 3.63) is 22.4 Å². The predicted octanol–water partition coefficient (Wildman–Crippen LogP) is 2.20. The second-order valence-electron chi connectivity index (χ2n) is 6.55. The first-order chi connectivity index (χ1) is 10.2. The number of nitrogens with one attached hydrogen (secondary N) is 1. The zero-order valence-electron chi connectivity index (χ0n) is 12.5. The molecular formula is C16H23N3OS. The molecule has 5 heteroatoms. The second-order valence-corrected chi connectivity index (χ2v) is 7.53. The standard InChI is InChI=1S/C16H23N3OS/c1-2-18-9-3-5-12(11-18)19-14(13-6-4-10-21-13)17-16(7-8-16)15(19)20/h4,6,10,12,14,17H,2-3,5,7-9,11H2,1H3. The van der Waals surface area contributed by atoms with E-state index in [9.17, 15) is 4.79 Å².